The Morgan fingerprint density at radius 2 is 1.88 bits per heavy atom. The number of rotatable bonds is 6. The molecule has 1 aliphatic rings. The first-order valence-corrected chi connectivity index (χ1v) is 11.6. The molecule has 8 heteroatoms. The number of hydrogen-bond donors (Lipinski definition) is 3. The van der Waals surface area contributed by atoms with Gasteiger partial charge >= 0.3 is 0 Å². The third-order valence-electron chi connectivity index (χ3n) is 5.70. The molecule has 2 heterocycles. The monoisotopic (exact) mass is 494 g/mol. The maximum absolute atomic E-state index is 12.2. The van der Waals surface area contributed by atoms with Gasteiger partial charge in [0.1, 0.15) is 5.82 Å². The fourth-order valence-electron chi connectivity index (χ4n) is 3.86. The average molecular weight is 495 g/mol. The third kappa shape index (κ3) is 5.08. The van der Waals surface area contributed by atoms with Crippen molar-refractivity contribution in [1.82, 2.24) is 20.2 Å². The van der Waals surface area contributed by atoms with Gasteiger partial charge in [-0.3, -0.25) is 4.79 Å². The molecule has 0 saturated carbocycles. The quantitative estimate of drug-likeness (QED) is 0.467. The molecule has 0 bridgehead atoms. The van der Waals surface area contributed by atoms with Crippen LogP contribution in [-0.4, -0.2) is 47.5 Å². The molecular weight excluding hydrogens is 468 g/mol. The van der Waals surface area contributed by atoms with Gasteiger partial charge in [-0.05, 0) is 70.7 Å². The largest absolute Gasteiger partial charge is 0.355 e. The van der Waals surface area contributed by atoms with Crippen LogP contribution in [0.2, 0.25) is 0 Å². The van der Waals surface area contributed by atoms with E-state index >= 15 is 0 Å². The molecule has 3 N–H and O–H groups in total. The summed E-state index contributed by atoms with van der Waals surface area (Å²) in [5, 5.41) is 9.24. The fraction of sp³-hybridized carbons (Fsp3) is 0.292. The van der Waals surface area contributed by atoms with Crippen molar-refractivity contribution in [3.63, 3.8) is 0 Å². The van der Waals surface area contributed by atoms with Gasteiger partial charge in [0.05, 0.1) is 15.7 Å². The van der Waals surface area contributed by atoms with Gasteiger partial charge in [0.2, 0.25) is 5.95 Å². The van der Waals surface area contributed by atoms with Gasteiger partial charge in [0.15, 0.2) is 0 Å². The van der Waals surface area contributed by atoms with Crippen LogP contribution in [0.25, 0.3) is 0 Å². The molecule has 0 unspecified atom stereocenters. The highest BCUT2D eigenvalue weighted by atomic mass is 79.9. The Labute approximate surface area is 196 Å². The first kappa shape index (κ1) is 22.2. The highest BCUT2D eigenvalue weighted by molar-refractivity contribution is 9.10. The third-order valence-corrected chi connectivity index (χ3v) is 6.28. The molecule has 166 valence electrons. The van der Waals surface area contributed by atoms with E-state index in [2.05, 4.69) is 71.9 Å². The number of fused-ring (bicyclic) bond motifs is 1. The SMILES string of the molecule is CCN1CCc2ccc(Nc3ncc(Br)c(Nc4ccccc4C(=O)NC)n3)cc2CC1. The Kier molecular flexibility index (Phi) is 7.02. The number of amides is 1. The number of hydrogen-bond acceptors (Lipinski definition) is 6. The van der Waals surface area contributed by atoms with Crippen molar-refractivity contribution in [3.05, 3.63) is 69.8 Å². The summed E-state index contributed by atoms with van der Waals surface area (Å²) in [6.45, 7) is 5.50. The van der Waals surface area contributed by atoms with Crippen molar-refractivity contribution >= 4 is 45.0 Å². The second-order valence-electron chi connectivity index (χ2n) is 7.68. The van der Waals surface area contributed by atoms with Crippen LogP contribution >= 0.6 is 15.9 Å². The number of carbonyl (C=O) groups is 1. The lowest BCUT2D eigenvalue weighted by atomic mass is 10.0. The lowest BCUT2D eigenvalue weighted by molar-refractivity contribution is 0.0964. The summed E-state index contributed by atoms with van der Waals surface area (Å²) in [5.74, 6) is 0.896. The van der Waals surface area contributed by atoms with Crippen LogP contribution in [0.5, 0.6) is 0 Å². The fourth-order valence-corrected chi connectivity index (χ4v) is 4.15. The van der Waals surface area contributed by atoms with E-state index in [0.717, 1.165) is 38.2 Å². The van der Waals surface area contributed by atoms with Gasteiger partial charge in [0, 0.05) is 32.0 Å². The molecule has 7 nitrogen and oxygen atoms in total. The molecular formula is C24H27BrN6O. The second kappa shape index (κ2) is 10.1. The Morgan fingerprint density at radius 1 is 1.09 bits per heavy atom. The molecule has 0 atom stereocenters. The topological polar surface area (TPSA) is 82.2 Å². The van der Waals surface area contributed by atoms with Gasteiger partial charge in [-0.2, -0.15) is 4.98 Å². The normalized spacial score (nSPS) is 13.7. The molecule has 4 rings (SSSR count). The van der Waals surface area contributed by atoms with E-state index in [9.17, 15) is 4.79 Å². The summed E-state index contributed by atoms with van der Waals surface area (Å²) in [5.41, 5.74) is 4.97. The zero-order valence-corrected chi connectivity index (χ0v) is 19.9. The van der Waals surface area contributed by atoms with Crippen LogP contribution in [0.3, 0.4) is 0 Å². The highest BCUT2D eigenvalue weighted by Gasteiger charge is 2.15. The van der Waals surface area contributed by atoms with E-state index in [-0.39, 0.29) is 5.91 Å². The van der Waals surface area contributed by atoms with Crippen molar-refractivity contribution in [2.75, 3.05) is 37.3 Å². The minimum atomic E-state index is -0.164. The number of anilines is 4. The molecule has 0 radical (unpaired) electrons. The maximum Gasteiger partial charge on any atom is 0.253 e. The van der Waals surface area contributed by atoms with Crippen LogP contribution < -0.4 is 16.0 Å². The Balaban J connectivity index is 1.55. The molecule has 0 spiro atoms. The standard InChI is InChI=1S/C24H27BrN6O/c1-3-31-12-10-16-8-9-18(14-17(16)11-13-31)28-24-27-15-20(25)22(30-24)29-21-7-5-4-6-19(21)23(32)26-2/h4-9,14-15H,3,10-13H2,1-2H3,(H,26,32)(H2,27,28,29,30). The van der Waals surface area contributed by atoms with E-state index in [0.29, 0.717) is 27.5 Å². The highest BCUT2D eigenvalue weighted by Crippen LogP contribution is 2.28. The zero-order chi connectivity index (χ0) is 22.5. The van der Waals surface area contributed by atoms with Crippen LogP contribution in [-0.2, 0) is 12.8 Å². The molecule has 0 saturated heterocycles. The molecule has 0 fully saturated rings. The van der Waals surface area contributed by atoms with Crippen molar-refractivity contribution < 1.29 is 4.79 Å². The van der Waals surface area contributed by atoms with Crippen molar-refractivity contribution in [2.45, 2.75) is 19.8 Å². The number of likely N-dealkylation sites (N-methyl/N-ethyl adjacent to an activating group) is 1. The van der Waals surface area contributed by atoms with Gasteiger partial charge < -0.3 is 20.9 Å². The van der Waals surface area contributed by atoms with E-state index in [4.69, 9.17) is 0 Å². The van der Waals surface area contributed by atoms with E-state index in [1.54, 1.807) is 19.3 Å². The van der Waals surface area contributed by atoms with Gasteiger partial charge in [0.25, 0.3) is 5.91 Å². The number of aromatic nitrogens is 2. The molecule has 3 aromatic rings. The smallest absolute Gasteiger partial charge is 0.253 e. The summed E-state index contributed by atoms with van der Waals surface area (Å²) < 4.78 is 0.705. The summed E-state index contributed by atoms with van der Waals surface area (Å²) in [7, 11) is 1.61. The molecule has 1 aliphatic heterocycles. The van der Waals surface area contributed by atoms with Crippen LogP contribution in [0, 0.1) is 0 Å². The lowest BCUT2D eigenvalue weighted by Crippen LogP contribution is -2.25. The summed E-state index contributed by atoms with van der Waals surface area (Å²) >= 11 is 3.50. The Bertz CT molecular complexity index is 1120. The van der Waals surface area contributed by atoms with Crippen LogP contribution in [0.1, 0.15) is 28.4 Å². The zero-order valence-electron chi connectivity index (χ0n) is 18.3. The number of halogens is 1. The predicted molar refractivity (Wildman–Crippen MR) is 132 cm³/mol. The number of benzene rings is 2. The molecule has 1 aromatic heterocycles. The maximum atomic E-state index is 12.2. The number of nitrogens with zero attached hydrogens (tertiary/aromatic N) is 3. The van der Waals surface area contributed by atoms with Crippen molar-refractivity contribution in [1.29, 1.82) is 0 Å². The van der Waals surface area contributed by atoms with Gasteiger partial charge in [-0.25, -0.2) is 4.98 Å². The molecule has 1 amide bonds. The van der Waals surface area contributed by atoms with Crippen molar-refractivity contribution in [2.24, 2.45) is 0 Å². The van der Waals surface area contributed by atoms with E-state index in [1.807, 2.05) is 18.2 Å². The molecule has 32 heavy (non-hydrogen) atoms. The summed E-state index contributed by atoms with van der Waals surface area (Å²) in [6, 6.07) is 13.8. The van der Waals surface area contributed by atoms with E-state index < -0.39 is 0 Å². The number of para-hydroxylation sites is 1. The first-order valence-electron chi connectivity index (χ1n) is 10.8. The average Bonchev–Trinajstić information content (AvgIpc) is 3.03. The number of carbonyl (C=O) groups excluding carboxylic acids is 1. The van der Waals surface area contributed by atoms with E-state index in [1.165, 1.54) is 11.1 Å². The van der Waals surface area contributed by atoms with Crippen molar-refractivity contribution in [3.8, 4) is 0 Å². The first-order chi connectivity index (χ1) is 15.6. The summed E-state index contributed by atoms with van der Waals surface area (Å²) in [6.07, 6.45) is 3.82. The van der Waals surface area contributed by atoms with Crippen LogP contribution in [0.15, 0.2) is 53.1 Å². The predicted octanol–water partition coefficient (Wildman–Crippen LogP) is 4.51. The molecule has 2 aromatic carbocycles. The minimum Gasteiger partial charge on any atom is -0.355 e. The summed E-state index contributed by atoms with van der Waals surface area (Å²) in [4.78, 5) is 23.7. The Morgan fingerprint density at radius 3 is 2.66 bits per heavy atom. The Hall–Kier alpha value is -2.97. The molecule has 0 aliphatic carbocycles. The second-order valence-corrected chi connectivity index (χ2v) is 8.54. The van der Waals surface area contributed by atoms with Gasteiger partial charge in [-0.15, -0.1) is 0 Å². The van der Waals surface area contributed by atoms with Gasteiger partial charge in [-0.1, -0.05) is 25.1 Å². The number of nitrogens with one attached hydrogen (secondary N) is 3. The van der Waals surface area contributed by atoms with Crippen LogP contribution in [0.4, 0.5) is 23.1 Å². The lowest BCUT2D eigenvalue weighted by Gasteiger charge is -2.16. The minimum absolute atomic E-state index is 0.164.